The predicted molar refractivity (Wildman–Crippen MR) is 78.2 cm³/mol. The first-order valence-electron chi connectivity index (χ1n) is 6.89. The largest absolute Gasteiger partial charge is 0.490 e. The Kier molecular flexibility index (Phi) is 4.61. The summed E-state index contributed by atoms with van der Waals surface area (Å²) in [7, 11) is 1.55. The fraction of sp³-hybridized carbons (Fsp3) is 0.467. The highest BCUT2D eigenvalue weighted by Crippen LogP contribution is 2.22. The molecule has 20 heavy (non-hydrogen) atoms. The molecule has 108 valence electrons. The number of hydrogen-bond donors (Lipinski definition) is 2. The number of carbonyl (C=O) groups is 1. The third-order valence-corrected chi connectivity index (χ3v) is 3.59. The minimum Gasteiger partial charge on any atom is -0.490 e. The van der Waals surface area contributed by atoms with E-state index in [4.69, 9.17) is 10.1 Å². The third kappa shape index (κ3) is 3.29. The maximum atomic E-state index is 11.4. The van der Waals surface area contributed by atoms with Crippen LogP contribution in [0.4, 0.5) is 0 Å². The molecular formula is C15H21N3O2. The number of benzene rings is 1. The molecule has 0 unspecified atom stereocenters. The lowest BCUT2D eigenvalue weighted by atomic mass is 10.1. The lowest BCUT2D eigenvalue weighted by Gasteiger charge is -2.33. The summed E-state index contributed by atoms with van der Waals surface area (Å²) in [6, 6.07) is 7.98. The van der Waals surface area contributed by atoms with Crippen LogP contribution in [0.15, 0.2) is 24.3 Å². The van der Waals surface area contributed by atoms with Gasteiger partial charge in [-0.25, -0.2) is 0 Å². The summed E-state index contributed by atoms with van der Waals surface area (Å²) in [5.74, 6) is 0.637. The van der Waals surface area contributed by atoms with Gasteiger partial charge in [-0.15, -0.1) is 0 Å². The lowest BCUT2D eigenvalue weighted by Crippen LogP contribution is -2.47. The molecule has 1 aliphatic rings. The van der Waals surface area contributed by atoms with E-state index in [-0.39, 0.29) is 17.8 Å². The second-order valence-corrected chi connectivity index (χ2v) is 5.00. The average molecular weight is 275 g/mol. The topological polar surface area (TPSA) is 65.4 Å². The lowest BCUT2D eigenvalue weighted by molar-refractivity contribution is -0.115. The number of nitrogens with zero attached hydrogens (tertiary/aromatic N) is 1. The number of carbonyl (C=O) groups excluding carboxylic acids is 1. The minimum absolute atomic E-state index is 0.0434. The molecule has 0 spiro atoms. The van der Waals surface area contributed by atoms with Crippen molar-refractivity contribution in [2.45, 2.75) is 25.9 Å². The fourth-order valence-electron chi connectivity index (χ4n) is 2.33. The average Bonchev–Trinajstić information content (AvgIpc) is 2.49. The van der Waals surface area contributed by atoms with Crippen molar-refractivity contribution < 1.29 is 9.53 Å². The van der Waals surface area contributed by atoms with Gasteiger partial charge in [0, 0.05) is 33.0 Å². The predicted octanol–water partition coefficient (Wildman–Crippen LogP) is 1.56. The van der Waals surface area contributed by atoms with Crippen LogP contribution in [-0.2, 0) is 4.79 Å². The smallest absolute Gasteiger partial charge is 0.286 e. The second kappa shape index (κ2) is 6.41. The van der Waals surface area contributed by atoms with E-state index in [1.54, 1.807) is 11.9 Å². The molecule has 0 saturated carbocycles. The van der Waals surface area contributed by atoms with Gasteiger partial charge in [-0.05, 0) is 18.6 Å². The summed E-state index contributed by atoms with van der Waals surface area (Å²) in [6.07, 6.45) is 1.81. The number of aryl methyl sites for hydroxylation is 1. The number of ether oxygens (including phenoxy) is 1. The number of amides is 1. The second-order valence-electron chi connectivity index (χ2n) is 5.00. The molecule has 2 N–H and O–H groups in total. The van der Waals surface area contributed by atoms with Crippen molar-refractivity contribution in [3.8, 4) is 5.75 Å². The molecule has 0 atom stereocenters. The highest BCUT2D eigenvalue weighted by atomic mass is 16.5. The van der Waals surface area contributed by atoms with Crippen molar-refractivity contribution in [2.24, 2.45) is 0 Å². The van der Waals surface area contributed by atoms with Crippen LogP contribution >= 0.6 is 0 Å². The van der Waals surface area contributed by atoms with Crippen LogP contribution in [0.5, 0.6) is 5.75 Å². The molecule has 1 aromatic carbocycles. The van der Waals surface area contributed by atoms with Gasteiger partial charge in [0.1, 0.15) is 11.9 Å². The Balaban J connectivity index is 1.87. The molecule has 1 aliphatic heterocycles. The maximum Gasteiger partial charge on any atom is 0.286 e. The van der Waals surface area contributed by atoms with E-state index in [0.29, 0.717) is 13.1 Å². The minimum atomic E-state index is -0.330. The zero-order valence-corrected chi connectivity index (χ0v) is 12.0. The number of rotatable bonds is 2. The SMILES string of the molecule is CNC(=O)C(=N)N1CCC(Oc2ccccc2C)CC1. The summed E-state index contributed by atoms with van der Waals surface area (Å²) < 4.78 is 6.00. The van der Waals surface area contributed by atoms with Gasteiger partial charge in [-0.3, -0.25) is 10.2 Å². The van der Waals surface area contributed by atoms with E-state index in [1.807, 2.05) is 31.2 Å². The highest BCUT2D eigenvalue weighted by Gasteiger charge is 2.25. The van der Waals surface area contributed by atoms with Crippen molar-refractivity contribution in [1.82, 2.24) is 10.2 Å². The van der Waals surface area contributed by atoms with E-state index < -0.39 is 0 Å². The zero-order chi connectivity index (χ0) is 14.5. The summed E-state index contributed by atoms with van der Waals surface area (Å²) in [5.41, 5.74) is 1.13. The quantitative estimate of drug-likeness (QED) is 0.636. The Morgan fingerprint density at radius 2 is 2.00 bits per heavy atom. The maximum absolute atomic E-state index is 11.4. The Hall–Kier alpha value is -2.04. The summed E-state index contributed by atoms with van der Waals surface area (Å²) in [6.45, 7) is 3.40. The van der Waals surface area contributed by atoms with E-state index >= 15 is 0 Å². The van der Waals surface area contributed by atoms with Crippen molar-refractivity contribution >= 4 is 11.7 Å². The van der Waals surface area contributed by atoms with E-state index in [9.17, 15) is 4.79 Å². The van der Waals surface area contributed by atoms with Crippen LogP contribution in [0.2, 0.25) is 0 Å². The molecule has 0 aromatic heterocycles. The molecule has 1 heterocycles. The summed E-state index contributed by atoms with van der Waals surface area (Å²) >= 11 is 0. The standard InChI is InChI=1S/C15H21N3O2/c1-11-5-3-4-6-13(11)20-12-7-9-18(10-8-12)14(16)15(19)17-2/h3-6,12,16H,7-10H2,1-2H3,(H,17,19). The van der Waals surface area contributed by atoms with E-state index in [2.05, 4.69) is 5.32 Å². The molecule has 1 fully saturated rings. The van der Waals surface area contributed by atoms with Gasteiger partial charge in [0.05, 0.1) is 0 Å². The Morgan fingerprint density at radius 3 is 2.60 bits per heavy atom. The van der Waals surface area contributed by atoms with Crippen LogP contribution in [0.3, 0.4) is 0 Å². The van der Waals surface area contributed by atoms with Gasteiger partial charge in [0.25, 0.3) is 5.91 Å². The third-order valence-electron chi connectivity index (χ3n) is 3.59. The molecule has 0 radical (unpaired) electrons. The van der Waals surface area contributed by atoms with Crippen LogP contribution in [0.1, 0.15) is 18.4 Å². The molecule has 2 rings (SSSR count). The molecule has 1 aromatic rings. The first kappa shape index (κ1) is 14.4. The number of nitrogens with one attached hydrogen (secondary N) is 2. The van der Waals surface area contributed by atoms with E-state index in [0.717, 1.165) is 24.2 Å². The van der Waals surface area contributed by atoms with Gasteiger partial charge in [-0.1, -0.05) is 18.2 Å². The van der Waals surface area contributed by atoms with E-state index in [1.165, 1.54) is 0 Å². The monoisotopic (exact) mass is 275 g/mol. The fourth-order valence-corrected chi connectivity index (χ4v) is 2.33. The Labute approximate surface area is 119 Å². The molecular weight excluding hydrogens is 254 g/mol. The summed E-state index contributed by atoms with van der Waals surface area (Å²) in [5, 5.41) is 10.3. The van der Waals surface area contributed by atoms with Gasteiger partial charge in [0.15, 0.2) is 5.84 Å². The summed E-state index contributed by atoms with van der Waals surface area (Å²) in [4.78, 5) is 13.2. The Morgan fingerprint density at radius 1 is 1.35 bits per heavy atom. The highest BCUT2D eigenvalue weighted by molar-refractivity contribution is 6.36. The van der Waals surface area contributed by atoms with Crippen LogP contribution in [0, 0.1) is 12.3 Å². The molecule has 1 saturated heterocycles. The normalized spacial score (nSPS) is 15.8. The van der Waals surface area contributed by atoms with Crippen LogP contribution < -0.4 is 10.1 Å². The zero-order valence-electron chi connectivity index (χ0n) is 12.0. The van der Waals surface area contributed by atoms with Gasteiger partial charge < -0.3 is 15.0 Å². The molecule has 0 aliphatic carbocycles. The molecule has 5 heteroatoms. The van der Waals surface area contributed by atoms with Crippen LogP contribution in [-0.4, -0.2) is 42.9 Å². The van der Waals surface area contributed by atoms with Crippen LogP contribution in [0.25, 0.3) is 0 Å². The first-order chi connectivity index (χ1) is 9.61. The number of para-hydroxylation sites is 1. The number of amidine groups is 1. The van der Waals surface area contributed by atoms with Crippen molar-refractivity contribution in [2.75, 3.05) is 20.1 Å². The number of piperidine rings is 1. The van der Waals surface area contributed by atoms with Gasteiger partial charge in [-0.2, -0.15) is 0 Å². The molecule has 5 nitrogen and oxygen atoms in total. The molecule has 0 bridgehead atoms. The van der Waals surface area contributed by atoms with Crippen molar-refractivity contribution in [1.29, 1.82) is 5.41 Å². The first-order valence-corrected chi connectivity index (χ1v) is 6.89. The van der Waals surface area contributed by atoms with Crippen molar-refractivity contribution in [3.63, 3.8) is 0 Å². The number of hydrogen-bond acceptors (Lipinski definition) is 3. The van der Waals surface area contributed by atoms with Crippen molar-refractivity contribution in [3.05, 3.63) is 29.8 Å². The number of likely N-dealkylation sites (tertiary alicyclic amines) is 1. The Bertz CT molecular complexity index is 494. The molecule has 1 amide bonds. The number of likely N-dealkylation sites (N-methyl/N-ethyl adjacent to an activating group) is 1. The van der Waals surface area contributed by atoms with Gasteiger partial charge in [0.2, 0.25) is 0 Å². The van der Waals surface area contributed by atoms with Gasteiger partial charge >= 0.3 is 0 Å².